The summed E-state index contributed by atoms with van der Waals surface area (Å²) in [6.07, 6.45) is -2.97. The largest absolute Gasteiger partial charge is 0.391 e. The molecule has 1 aromatic rings. The van der Waals surface area contributed by atoms with Gasteiger partial charge in [0.1, 0.15) is 0 Å². The van der Waals surface area contributed by atoms with Crippen molar-refractivity contribution >= 4 is 17.1 Å². The summed E-state index contributed by atoms with van der Waals surface area (Å²) in [4.78, 5) is 13.1. The van der Waals surface area contributed by atoms with Crippen LogP contribution in [0.1, 0.15) is 40.9 Å². The fourth-order valence-electron chi connectivity index (χ4n) is 2.59. The van der Waals surface area contributed by atoms with Gasteiger partial charge in [-0.25, -0.2) is 0 Å². The van der Waals surface area contributed by atoms with Crippen LogP contribution >= 0.6 is 11.3 Å². The minimum atomic E-state index is -4.16. The number of ketones is 1. The van der Waals surface area contributed by atoms with Crippen LogP contribution in [0.2, 0.25) is 0 Å². The molecule has 1 aromatic heterocycles. The number of hydrogen-bond donors (Lipinski definition) is 0. The second-order valence-corrected chi connectivity index (χ2v) is 5.98. The summed E-state index contributed by atoms with van der Waals surface area (Å²) in [6, 6.07) is 1.72. The van der Waals surface area contributed by atoms with Crippen molar-refractivity contribution in [3.05, 3.63) is 21.9 Å². The first-order valence-corrected chi connectivity index (χ1v) is 6.92. The molecule has 0 aromatic carbocycles. The van der Waals surface area contributed by atoms with Crippen LogP contribution in [0.3, 0.4) is 0 Å². The predicted octanol–water partition coefficient (Wildman–Crippen LogP) is 4.61. The smallest absolute Gasteiger partial charge is 0.294 e. The fraction of sp³-hybridized carbons (Fsp3) is 0.615. The lowest BCUT2D eigenvalue weighted by molar-refractivity contribution is -0.184. The number of Topliss-reactive ketones (excluding diaryl/α,β-unsaturated/α-hetero) is 1. The van der Waals surface area contributed by atoms with Gasteiger partial charge in [0, 0.05) is 16.4 Å². The number of alkyl halides is 3. The van der Waals surface area contributed by atoms with Crippen molar-refractivity contribution in [3.8, 4) is 0 Å². The van der Waals surface area contributed by atoms with Gasteiger partial charge in [0.15, 0.2) is 5.78 Å². The number of carbonyl (C=O) groups is 1. The molecule has 1 saturated carbocycles. The van der Waals surface area contributed by atoms with Crippen LogP contribution in [0.4, 0.5) is 13.2 Å². The molecule has 1 aliphatic carbocycles. The zero-order valence-corrected chi connectivity index (χ0v) is 10.9. The third kappa shape index (κ3) is 2.76. The first-order valence-electron chi connectivity index (χ1n) is 6.04. The average Bonchev–Trinajstić information content (AvgIpc) is 2.73. The van der Waals surface area contributed by atoms with Crippen molar-refractivity contribution in [2.24, 2.45) is 11.8 Å². The Hall–Kier alpha value is -0.840. The first kappa shape index (κ1) is 13.6. The van der Waals surface area contributed by atoms with E-state index in [4.69, 9.17) is 0 Å². The van der Waals surface area contributed by atoms with Gasteiger partial charge in [-0.15, -0.1) is 11.3 Å². The summed E-state index contributed by atoms with van der Waals surface area (Å²) in [5, 5.41) is 1.81. The molecule has 1 nitrogen and oxygen atoms in total. The van der Waals surface area contributed by atoms with Crippen LogP contribution in [0, 0.1) is 18.8 Å². The lowest BCUT2D eigenvalue weighted by atomic mass is 9.77. The summed E-state index contributed by atoms with van der Waals surface area (Å²) in [7, 11) is 0. The molecule has 1 heterocycles. The van der Waals surface area contributed by atoms with E-state index in [1.54, 1.807) is 6.07 Å². The third-order valence-electron chi connectivity index (χ3n) is 3.63. The molecule has 0 N–H and O–H groups in total. The predicted molar refractivity (Wildman–Crippen MR) is 64.9 cm³/mol. The fourth-order valence-corrected chi connectivity index (χ4v) is 3.29. The van der Waals surface area contributed by atoms with Crippen molar-refractivity contribution in [2.75, 3.05) is 0 Å². The molecule has 2 atom stereocenters. The Morgan fingerprint density at radius 3 is 2.67 bits per heavy atom. The van der Waals surface area contributed by atoms with E-state index < -0.39 is 18.0 Å². The number of carbonyl (C=O) groups excluding carboxylic acids is 1. The van der Waals surface area contributed by atoms with Crippen molar-refractivity contribution in [1.82, 2.24) is 0 Å². The van der Waals surface area contributed by atoms with Gasteiger partial charge in [0.25, 0.3) is 0 Å². The highest BCUT2D eigenvalue weighted by Crippen LogP contribution is 2.41. The number of thiophene rings is 1. The minimum absolute atomic E-state index is 0.0440. The van der Waals surface area contributed by atoms with Gasteiger partial charge in [-0.2, -0.15) is 13.2 Å². The topological polar surface area (TPSA) is 17.1 Å². The van der Waals surface area contributed by atoms with E-state index in [2.05, 4.69) is 0 Å². The van der Waals surface area contributed by atoms with Crippen LogP contribution in [0.5, 0.6) is 0 Å². The number of aryl methyl sites for hydroxylation is 1. The molecule has 0 amide bonds. The van der Waals surface area contributed by atoms with E-state index in [0.717, 1.165) is 4.88 Å². The van der Waals surface area contributed by atoms with E-state index >= 15 is 0 Å². The Morgan fingerprint density at radius 1 is 1.39 bits per heavy atom. The molecular weight excluding hydrogens is 261 g/mol. The lowest BCUT2D eigenvalue weighted by Gasteiger charge is -2.29. The molecule has 100 valence electrons. The molecule has 5 heteroatoms. The zero-order chi connectivity index (χ0) is 13.3. The van der Waals surface area contributed by atoms with Gasteiger partial charge >= 0.3 is 6.18 Å². The number of rotatable bonds is 2. The molecule has 0 saturated heterocycles. The van der Waals surface area contributed by atoms with Crippen molar-refractivity contribution in [2.45, 2.75) is 38.8 Å². The van der Waals surface area contributed by atoms with Crippen LogP contribution in [0.15, 0.2) is 11.4 Å². The summed E-state index contributed by atoms with van der Waals surface area (Å²) in [5.74, 6) is -1.87. The van der Waals surface area contributed by atoms with Crippen LogP contribution in [0.25, 0.3) is 0 Å². The highest BCUT2D eigenvalue weighted by atomic mass is 32.1. The van der Waals surface area contributed by atoms with Gasteiger partial charge in [-0.1, -0.05) is 6.42 Å². The van der Waals surface area contributed by atoms with E-state index in [1.807, 2.05) is 12.3 Å². The SMILES string of the molecule is Cc1sccc1C(=O)C1CCCC(C(F)(F)F)C1. The Labute approximate surface area is 108 Å². The van der Waals surface area contributed by atoms with Gasteiger partial charge in [-0.3, -0.25) is 4.79 Å². The zero-order valence-electron chi connectivity index (χ0n) is 10.1. The summed E-state index contributed by atoms with van der Waals surface area (Å²) in [5.41, 5.74) is 0.604. The standard InChI is InChI=1S/C13H15F3OS/c1-8-11(5-6-18-8)12(17)9-3-2-4-10(7-9)13(14,15)16/h5-6,9-10H,2-4,7H2,1H3. The highest BCUT2D eigenvalue weighted by molar-refractivity contribution is 7.10. The second-order valence-electron chi connectivity index (χ2n) is 4.86. The maximum absolute atomic E-state index is 12.7. The van der Waals surface area contributed by atoms with E-state index in [-0.39, 0.29) is 18.6 Å². The van der Waals surface area contributed by atoms with Gasteiger partial charge in [-0.05, 0) is 37.6 Å². The molecule has 1 fully saturated rings. The molecule has 0 spiro atoms. The summed E-state index contributed by atoms with van der Waals surface area (Å²) in [6.45, 7) is 1.84. The average molecular weight is 276 g/mol. The maximum atomic E-state index is 12.7. The number of halogens is 3. The maximum Gasteiger partial charge on any atom is 0.391 e. The van der Waals surface area contributed by atoms with Crippen molar-refractivity contribution < 1.29 is 18.0 Å². The van der Waals surface area contributed by atoms with E-state index in [0.29, 0.717) is 18.4 Å². The van der Waals surface area contributed by atoms with Crippen molar-refractivity contribution in [3.63, 3.8) is 0 Å². The van der Waals surface area contributed by atoms with E-state index in [1.165, 1.54) is 11.3 Å². The summed E-state index contributed by atoms with van der Waals surface area (Å²) < 4.78 is 38.1. The second kappa shape index (κ2) is 5.03. The molecule has 2 rings (SSSR count). The quantitative estimate of drug-likeness (QED) is 0.721. The molecule has 18 heavy (non-hydrogen) atoms. The van der Waals surface area contributed by atoms with E-state index in [9.17, 15) is 18.0 Å². The van der Waals surface area contributed by atoms with Crippen LogP contribution in [-0.2, 0) is 0 Å². The minimum Gasteiger partial charge on any atom is -0.294 e. The normalized spacial score (nSPS) is 25.1. The molecule has 0 aliphatic heterocycles. The Balaban J connectivity index is 2.10. The van der Waals surface area contributed by atoms with Crippen LogP contribution < -0.4 is 0 Å². The lowest BCUT2D eigenvalue weighted by Crippen LogP contribution is -2.31. The first-order chi connectivity index (χ1) is 8.39. The van der Waals surface area contributed by atoms with Gasteiger partial charge in [0.2, 0.25) is 0 Å². The molecular formula is C13H15F3OS. The van der Waals surface area contributed by atoms with Gasteiger partial charge in [0.05, 0.1) is 5.92 Å². The van der Waals surface area contributed by atoms with Gasteiger partial charge < -0.3 is 0 Å². The number of hydrogen-bond acceptors (Lipinski definition) is 2. The Bertz CT molecular complexity index is 436. The molecule has 2 unspecified atom stereocenters. The Morgan fingerprint density at radius 2 is 2.11 bits per heavy atom. The molecule has 0 bridgehead atoms. The summed E-state index contributed by atoms with van der Waals surface area (Å²) >= 11 is 1.46. The monoisotopic (exact) mass is 276 g/mol. The molecule has 0 radical (unpaired) electrons. The molecule has 1 aliphatic rings. The third-order valence-corrected chi connectivity index (χ3v) is 4.48. The Kier molecular flexibility index (Phi) is 3.80. The van der Waals surface area contributed by atoms with Crippen LogP contribution in [-0.4, -0.2) is 12.0 Å². The van der Waals surface area contributed by atoms with Crippen molar-refractivity contribution in [1.29, 1.82) is 0 Å². The highest BCUT2D eigenvalue weighted by Gasteiger charge is 2.43.